The van der Waals surface area contributed by atoms with Crippen LogP contribution in [0.4, 0.5) is 0 Å². The van der Waals surface area contributed by atoms with Gasteiger partial charge < -0.3 is 19.3 Å². The van der Waals surface area contributed by atoms with Crippen molar-refractivity contribution in [3.63, 3.8) is 0 Å². The van der Waals surface area contributed by atoms with Crippen LogP contribution in [0.5, 0.6) is 0 Å². The van der Waals surface area contributed by atoms with Gasteiger partial charge in [-0.25, -0.2) is 9.59 Å². The fraction of sp³-hybridized carbons (Fsp3) is 0.750. The average Bonchev–Trinajstić information content (AvgIpc) is 2.44. The van der Waals surface area contributed by atoms with E-state index in [-0.39, 0.29) is 0 Å². The van der Waals surface area contributed by atoms with Gasteiger partial charge in [0.05, 0.1) is 13.2 Å². The zero-order valence-electron chi connectivity index (χ0n) is 14.7. The van der Waals surface area contributed by atoms with Gasteiger partial charge in [0.15, 0.2) is 0 Å². The standard InChI is InChI=1S/C16H30N2O4/c1-13(17(3)4)9-11-21-15(19)7-8-16(20)22-12-10-14(2)18(5)6/h7-8,13-14H,9-12H2,1-6H3/b8-7-. The number of nitrogens with zero attached hydrogens (tertiary/aromatic N) is 2. The molecule has 0 saturated carbocycles. The van der Waals surface area contributed by atoms with Gasteiger partial charge in [-0.2, -0.15) is 0 Å². The Labute approximate surface area is 134 Å². The minimum absolute atomic E-state index is 0.331. The Morgan fingerprint density at radius 2 is 1.14 bits per heavy atom. The van der Waals surface area contributed by atoms with Crippen molar-refractivity contribution in [2.24, 2.45) is 0 Å². The van der Waals surface area contributed by atoms with E-state index in [4.69, 9.17) is 9.47 Å². The first-order valence-corrected chi connectivity index (χ1v) is 7.58. The number of carbonyl (C=O) groups excluding carboxylic acids is 2. The van der Waals surface area contributed by atoms with Crippen molar-refractivity contribution in [3.8, 4) is 0 Å². The lowest BCUT2D eigenvalue weighted by Gasteiger charge is -2.19. The third-order valence-corrected chi connectivity index (χ3v) is 3.68. The van der Waals surface area contributed by atoms with Crippen LogP contribution in [0, 0.1) is 0 Å². The van der Waals surface area contributed by atoms with E-state index in [0.717, 1.165) is 25.0 Å². The highest BCUT2D eigenvalue weighted by Crippen LogP contribution is 2.00. The Bertz CT molecular complexity index is 333. The summed E-state index contributed by atoms with van der Waals surface area (Å²) < 4.78 is 10.0. The van der Waals surface area contributed by atoms with Gasteiger partial charge in [0.25, 0.3) is 0 Å². The van der Waals surface area contributed by atoms with Gasteiger partial charge in [-0.1, -0.05) is 0 Å². The molecule has 0 fully saturated rings. The predicted octanol–water partition coefficient (Wildman–Crippen LogP) is 1.31. The summed E-state index contributed by atoms with van der Waals surface area (Å²) >= 11 is 0. The molecule has 0 radical (unpaired) electrons. The van der Waals surface area contributed by atoms with Crippen LogP contribution >= 0.6 is 0 Å². The number of ether oxygens (including phenoxy) is 2. The maximum absolute atomic E-state index is 11.4. The van der Waals surface area contributed by atoms with Crippen molar-refractivity contribution < 1.29 is 19.1 Å². The van der Waals surface area contributed by atoms with Gasteiger partial charge >= 0.3 is 11.9 Å². The molecule has 128 valence electrons. The summed E-state index contributed by atoms with van der Waals surface area (Å²) in [7, 11) is 7.89. The smallest absolute Gasteiger partial charge is 0.331 e. The third kappa shape index (κ3) is 10.3. The largest absolute Gasteiger partial charge is 0.462 e. The van der Waals surface area contributed by atoms with E-state index < -0.39 is 11.9 Å². The number of hydrogen-bond acceptors (Lipinski definition) is 6. The monoisotopic (exact) mass is 314 g/mol. The second-order valence-corrected chi connectivity index (χ2v) is 5.87. The third-order valence-electron chi connectivity index (χ3n) is 3.68. The molecule has 0 heterocycles. The van der Waals surface area contributed by atoms with Gasteiger partial charge in [0, 0.05) is 24.2 Å². The summed E-state index contributed by atoms with van der Waals surface area (Å²) in [6, 6.07) is 0.667. The van der Waals surface area contributed by atoms with E-state index >= 15 is 0 Å². The number of rotatable bonds is 10. The van der Waals surface area contributed by atoms with Gasteiger partial charge in [-0.05, 0) is 54.9 Å². The molecule has 6 heteroatoms. The number of carbonyl (C=O) groups is 2. The fourth-order valence-corrected chi connectivity index (χ4v) is 1.41. The summed E-state index contributed by atoms with van der Waals surface area (Å²) in [5.74, 6) is -1.05. The van der Waals surface area contributed by atoms with Crippen molar-refractivity contribution in [1.29, 1.82) is 0 Å². The SMILES string of the molecule is CC(CCOC(=O)/C=C\C(=O)OCCC(C)N(C)C)N(C)C. The van der Waals surface area contributed by atoms with Crippen LogP contribution in [0.25, 0.3) is 0 Å². The van der Waals surface area contributed by atoms with Crippen molar-refractivity contribution in [1.82, 2.24) is 9.80 Å². The first kappa shape index (κ1) is 20.6. The van der Waals surface area contributed by atoms with E-state index in [1.807, 2.05) is 28.2 Å². The topological polar surface area (TPSA) is 59.1 Å². The molecule has 2 atom stereocenters. The zero-order valence-corrected chi connectivity index (χ0v) is 14.7. The molecular formula is C16H30N2O4. The van der Waals surface area contributed by atoms with Crippen molar-refractivity contribution >= 4 is 11.9 Å². The van der Waals surface area contributed by atoms with Gasteiger partial charge in [-0.15, -0.1) is 0 Å². The molecule has 0 bridgehead atoms. The summed E-state index contributed by atoms with van der Waals surface area (Å²) in [5.41, 5.74) is 0. The van der Waals surface area contributed by atoms with E-state index in [1.165, 1.54) is 0 Å². The van der Waals surface area contributed by atoms with Gasteiger partial charge in [0.2, 0.25) is 0 Å². The van der Waals surface area contributed by atoms with Crippen molar-refractivity contribution in [2.45, 2.75) is 38.8 Å². The predicted molar refractivity (Wildman–Crippen MR) is 86.6 cm³/mol. The summed E-state index contributed by atoms with van der Waals surface area (Å²) in [5, 5.41) is 0. The maximum Gasteiger partial charge on any atom is 0.331 e. The van der Waals surface area contributed by atoms with Crippen LogP contribution < -0.4 is 0 Å². The van der Waals surface area contributed by atoms with E-state index in [9.17, 15) is 9.59 Å². The first-order chi connectivity index (χ1) is 10.2. The second-order valence-electron chi connectivity index (χ2n) is 5.87. The summed E-state index contributed by atoms with van der Waals surface area (Å²) in [6.45, 7) is 4.77. The van der Waals surface area contributed by atoms with Crippen molar-refractivity contribution in [3.05, 3.63) is 12.2 Å². The fourth-order valence-electron chi connectivity index (χ4n) is 1.41. The lowest BCUT2D eigenvalue weighted by Crippen LogP contribution is -2.26. The van der Waals surface area contributed by atoms with E-state index in [0.29, 0.717) is 25.3 Å². The molecule has 0 aromatic rings. The molecule has 0 aliphatic rings. The Kier molecular flexibility index (Phi) is 10.5. The second kappa shape index (κ2) is 11.2. The van der Waals surface area contributed by atoms with Crippen LogP contribution in [-0.2, 0) is 19.1 Å². The lowest BCUT2D eigenvalue weighted by atomic mass is 10.2. The zero-order chi connectivity index (χ0) is 17.1. The van der Waals surface area contributed by atoms with E-state index in [2.05, 4.69) is 23.6 Å². The van der Waals surface area contributed by atoms with Gasteiger partial charge in [0.1, 0.15) is 0 Å². The Morgan fingerprint density at radius 3 is 1.41 bits per heavy atom. The molecule has 0 spiro atoms. The number of hydrogen-bond donors (Lipinski definition) is 0. The molecule has 0 aromatic heterocycles. The Balaban J connectivity index is 3.85. The highest BCUT2D eigenvalue weighted by Gasteiger charge is 2.07. The molecule has 0 saturated heterocycles. The molecule has 2 unspecified atom stereocenters. The molecule has 22 heavy (non-hydrogen) atoms. The molecule has 6 nitrogen and oxygen atoms in total. The van der Waals surface area contributed by atoms with Crippen molar-refractivity contribution in [2.75, 3.05) is 41.4 Å². The molecular weight excluding hydrogens is 284 g/mol. The van der Waals surface area contributed by atoms with Gasteiger partial charge in [-0.3, -0.25) is 0 Å². The normalized spacial score (nSPS) is 14.4. The van der Waals surface area contributed by atoms with E-state index in [1.54, 1.807) is 0 Å². The van der Waals surface area contributed by atoms with Crippen LogP contribution in [0.1, 0.15) is 26.7 Å². The molecule has 0 aliphatic heterocycles. The quantitative estimate of drug-likeness (QED) is 0.448. The Morgan fingerprint density at radius 1 is 0.818 bits per heavy atom. The minimum atomic E-state index is -0.524. The molecule has 0 rings (SSSR count). The molecule has 0 aliphatic carbocycles. The van der Waals surface area contributed by atoms with Crippen LogP contribution in [0.3, 0.4) is 0 Å². The average molecular weight is 314 g/mol. The first-order valence-electron chi connectivity index (χ1n) is 7.58. The molecule has 0 aromatic carbocycles. The Hall–Kier alpha value is -1.40. The summed E-state index contributed by atoms with van der Waals surface area (Å²) in [6.07, 6.45) is 3.72. The van der Waals surface area contributed by atoms with Crippen LogP contribution in [-0.4, -0.2) is 75.2 Å². The lowest BCUT2D eigenvalue weighted by molar-refractivity contribution is -0.140. The highest BCUT2D eigenvalue weighted by molar-refractivity contribution is 5.91. The molecule has 0 amide bonds. The molecule has 0 N–H and O–H groups in total. The number of esters is 2. The maximum atomic E-state index is 11.4. The minimum Gasteiger partial charge on any atom is -0.462 e. The van der Waals surface area contributed by atoms with Crippen LogP contribution in [0.15, 0.2) is 12.2 Å². The van der Waals surface area contributed by atoms with Crippen LogP contribution in [0.2, 0.25) is 0 Å². The highest BCUT2D eigenvalue weighted by atomic mass is 16.5. The summed E-state index contributed by atoms with van der Waals surface area (Å²) in [4.78, 5) is 27.0.